The summed E-state index contributed by atoms with van der Waals surface area (Å²) < 4.78 is 12.7. The number of rotatable bonds is 8. The van der Waals surface area contributed by atoms with Gasteiger partial charge in [0.05, 0.1) is 19.4 Å². The van der Waals surface area contributed by atoms with Crippen LogP contribution in [-0.2, 0) is 6.54 Å². The van der Waals surface area contributed by atoms with Crippen molar-refractivity contribution in [2.45, 2.75) is 40.2 Å². The van der Waals surface area contributed by atoms with Crippen LogP contribution in [0.3, 0.4) is 0 Å². The molecule has 0 unspecified atom stereocenters. The predicted molar refractivity (Wildman–Crippen MR) is 94.0 cm³/mol. The maximum atomic E-state index is 12.7. The van der Waals surface area contributed by atoms with E-state index in [1.807, 2.05) is 32.0 Å². The zero-order chi connectivity index (χ0) is 17.5. The number of carbonyl (C=O) groups excluding carboxylic acids is 1. The van der Waals surface area contributed by atoms with Crippen LogP contribution in [0, 0.1) is 6.92 Å². The van der Waals surface area contributed by atoms with Crippen molar-refractivity contribution in [1.29, 1.82) is 0 Å². The molecule has 6 heteroatoms. The van der Waals surface area contributed by atoms with Crippen LogP contribution in [0.4, 0.5) is 5.69 Å². The first-order chi connectivity index (χ1) is 11.6. The van der Waals surface area contributed by atoms with E-state index in [1.165, 1.54) is 0 Å². The summed E-state index contributed by atoms with van der Waals surface area (Å²) in [5.41, 5.74) is 2.10. The third-order valence-electron chi connectivity index (χ3n) is 3.47. The molecule has 0 saturated carbocycles. The molecule has 1 amide bonds. The standard InChI is InChI=1S/C18H25N3O3/c1-5-9-21-12-14(18(20-21)24-10-6-2)17(22)19-15-11-13(3)7-8-16(15)23-4/h7-8,11-12H,5-6,9-10H2,1-4H3,(H,19,22). The van der Waals surface area contributed by atoms with Gasteiger partial charge in [-0.1, -0.05) is 19.9 Å². The van der Waals surface area contributed by atoms with Gasteiger partial charge in [0.2, 0.25) is 5.88 Å². The molecule has 130 valence electrons. The van der Waals surface area contributed by atoms with Crippen LogP contribution in [0.15, 0.2) is 24.4 Å². The van der Waals surface area contributed by atoms with Crippen molar-refractivity contribution < 1.29 is 14.3 Å². The van der Waals surface area contributed by atoms with E-state index in [9.17, 15) is 4.79 Å². The Morgan fingerprint density at radius 3 is 2.75 bits per heavy atom. The normalized spacial score (nSPS) is 10.5. The lowest BCUT2D eigenvalue weighted by Gasteiger charge is -2.11. The Labute approximate surface area is 142 Å². The van der Waals surface area contributed by atoms with Crippen LogP contribution in [0.25, 0.3) is 0 Å². The smallest absolute Gasteiger partial charge is 0.262 e. The van der Waals surface area contributed by atoms with Gasteiger partial charge < -0.3 is 14.8 Å². The topological polar surface area (TPSA) is 65.4 Å². The van der Waals surface area contributed by atoms with Crippen molar-refractivity contribution in [2.24, 2.45) is 0 Å². The van der Waals surface area contributed by atoms with E-state index >= 15 is 0 Å². The molecule has 0 bridgehead atoms. The molecule has 0 spiro atoms. The Kier molecular flexibility index (Phi) is 6.23. The van der Waals surface area contributed by atoms with Gasteiger partial charge >= 0.3 is 0 Å². The second-order valence-electron chi connectivity index (χ2n) is 5.62. The largest absolute Gasteiger partial charge is 0.495 e. The minimum Gasteiger partial charge on any atom is -0.495 e. The number of ether oxygens (including phenoxy) is 2. The van der Waals surface area contributed by atoms with E-state index in [-0.39, 0.29) is 5.91 Å². The van der Waals surface area contributed by atoms with Crippen molar-refractivity contribution in [2.75, 3.05) is 19.0 Å². The Balaban J connectivity index is 2.26. The molecule has 6 nitrogen and oxygen atoms in total. The zero-order valence-corrected chi connectivity index (χ0v) is 14.8. The summed E-state index contributed by atoms with van der Waals surface area (Å²) in [5, 5.41) is 7.26. The number of amides is 1. The molecule has 0 aliphatic heterocycles. The summed E-state index contributed by atoms with van der Waals surface area (Å²) in [6.07, 6.45) is 3.52. The first-order valence-electron chi connectivity index (χ1n) is 8.25. The van der Waals surface area contributed by atoms with Crippen LogP contribution < -0.4 is 14.8 Å². The van der Waals surface area contributed by atoms with Crippen LogP contribution in [0.2, 0.25) is 0 Å². The summed E-state index contributed by atoms with van der Waals surface area (Å²) in [5.74, 6) is 0.729. The molecular formula is C18H25N3O3. The van der Waals surface area contributed by atoms with Crippen LogP contribution in [-0.4, -0.2) is 29.4 Å². The highest BCUT2D eigenvalue weighted by molar-refractivity contribution is 6.06. The van der Waals surface area contributed by atoms with Gasteiger partial charge in [-0.05, 0) is 37.5 Å². The summed E-state index contributed by atoms with van der Waals surface area (Å²) in [6.45, 7) is 7.30. The highest BCUT2D eigenvalue weighted by Crippen LogP contribution is 2.27. The van der Waals surface area contributed by atoms with Crippen molar-refractivity contribution in [3.63, 3.8) is 0 Å². The first-order valence-corrected chi connectivity index (χ1v) is 8.25. The summed E-state index contributed by atoms with van der Waals surface area (Å²) in [7, 11) is 1.58. The summed E-state index contributed by atoms with van der Waals surface area (Å²) in [6, 6.07) is 5.64. The third-order valence-corrected chi connectivity index (χ3v) is 3.47. The molecule has 0 radical (unpaired) electrons. The first kappa shape index (κ1) is 17.8. The van der Waals surface area contributed by atoms with Gasteiger partial charge in [-0.2, -0.15) is 0 Å². The minimum atomic E-state index is -0.257. The monoisotopic (exact) mass is 331 g/mol. The van der Waals surface area contributed by atoms with Gasteiger partial charge in [0.15, 0.2) is 0 Å². The number of hydrogen-bond donors (Lipinski definition) is 1. The number of carbonyl (C=O) groups is 1. The van der Waals surface area contributed by atoms with E-state index in [0.717, 1.165) is 24.9 Å². The number of nitrogens with zero attached hydrogens (tertiary/aromatic N) is 2. The van der Waals surface area contributed by atoms with Gasteiger partial charge in [0.1, 0.15) is 11.3 Å². The number of hydrogen-bond acceptors (Lipinski definition) is 4. The van der Waals surface area contributed by atoms with E-state index in [0.29, 0.717) is 29.5 Å². The second kappa shape index (κ2) is 8.38. The molecule has 0 aliphatic rings. The van der Waals surface area contributed by atoms with Crippen LogP contribution in [0.5, 0.6) is 11.6 Å². The lowest BCUT2D eigenvalue weighted by atomic mass is 10.2. The van der Waals surface area contributed by atoms with Crippen molar-refractivity contribution in [3.05, 3.63) is 35.5 Å². The van der Waals surface area contributed by atoms with Gasteiger partial charge in [0, 0.05) is 12.7 Å². The highest BCUT2D eigenvalue weighted by Gasteiger charge is 2.19. The summed E-state index contributed by atoms with van der Waals surface area (Å²) >= 11 is 0. The average molecular weight is 331 g/mol. The van der Waals surface area contributed by atoms with Crippen molar-refractivity contribution in [3.8, 4) is 11.6 Å². The molecule has 1 aromatic heterocycles. The van der Waals surface area contributed by atoms with Crippen molar-refractivity contribution in [1.82, 2.24) is 9.78 Å². The van der Waals surface area contributed by atoms with Gasteiger partial charge in [-0.25, -0.2) is 0 Å². The average Bonchev–Trinajstić information content (AvgIpc) is 2.96. The number of anilines is 1. The number of aromatic nitrogens is 2. The maximum absolute atomic E-state index is 12.7. The van der Waals surface area contributed by atoms with E-state index < -0.39 is 0 Å². The SMILES string of the molecule is CCCOc1nn(CCC)cc1C(=O)Nc1cc(C)ccc1OC. The highest BCUT2D eigenvalue weighted by atomic mass is 16.5. The predicted octanol–water partition coefficient (Wildman–Crippen LogP) is 3.65. The number of aryl methyl sites for hydroxylation is 2. The van der Waals surface area contributed by atoms with E-state index in [2.05, 4.69) is 17.3 Å². The van der Waals surface area contributed by atoms with E-state index in [4.69, 9.17) is 9.47 Å². The fourth-order valence-corrected chi connectivity index (χ4v) is 2.32. The third kappa shape index (κ3) is 4.28. The fourth-order valence-electron chi connectivity index (χ4n) is 2.32. The lowest BCUT2D eigenvalue weighted by Crippen LogP contribution is -2.14. The van der Waals surface area contributed by atoms with Gasteiger partial charge in [-0.15, -0.1) is 5.10 Å². The summed E-state index contributed by atoms with van der Waals surface area (Å²) in [4.78, 5) is 12.7. The molecule has 1 heterocycles. The minimum absolute atomic E-state index is 0.257. The Morgan fingerprint density at radius 2 is 2.08 bits per heavy atom. The Morgan fingerprint density at radius 1 is 1.29 bits per heavy atom. The molecular weight excluding hydrogens is 306 g/mol. The quantitative estimate of drug-likeness (QED) is 0.802. The number of nitrogens with one attached hydrogen (secondary N) is 1. The molecule has 2 aromatic rings. The van der Waals surface area contributed by atoms with E-state index in [1.54, 1.807) is 18.0 Å². The molecule has 2 rings (SSSR count). The fraction of sp³-hybridized carbons (Fsp3) is 0.444. The molecule has 0 atom stereocenters. The Bertz CT molecular complexity index is 695. The molecule has 1 N–H and O–H groups in total. The molecule has 1 aromatic carbocycles. The second-order valence-corrected chi connectivity index (χ2v) is 5.62. The van der Waals surface area contributed by atoms with Gasteiger partial charge in [0.25, 0.3) is 5.91 Å². The molecule has 0 saturated heterocycles. The molecule has 0 aliphatic carbocycles. The van der Waals surface area contributed by atoms with Gasteiger partial charge in [-0.3, -0.25) is 9.48 Å². The lowest BCUT2D eigenvalue weighted by molar-refractivity contribution is 0.102. The molecule has 24 heavy (non-hydrogen) atoms. The van der Waals surface area contributed by atoms with Crippen molar-refractivity contribution >= 4 is 11.6 Å². The molecule has 0 fully saturated rings. The Hall–Kier alpha value is -2.50. The van der Waals surface area contributed by atoms with Crippen LogP contribution >= 0.6 is 0 Å². The van der Waals surface area contributed by atoms with Crippen LogP contribution in [0.1, 0.15) is 42.6 Å². The number of methoxy groups -OCH3 is 1. The maximum Gasteiger partial charge on any atom is 0.262 e. The number of benzene rings is 1. The zero-order valence-electron chi connectivity index (χ0n) is 14.8.